The van der Waals surface area contributed by atoms with Gasteiger partial charge in [-0.3, -0.25) is 19.0 Å². The lowest BCUT2D eigenvalue weighted by Gasteiger charge is -2.15. The molecule has 0 aliphatic carbocycles. The lowest BCUT2D eigenvalue weighted by molar-refractivity contribution is -0.119. The van der Waals surface area contributed by atoms with Gasteiger partial charge in [0.15, 0.2) is 0 Å². The second-order valence-corrected chi connectivity index (χ2v) is 6.58. The molecular formula is C18H22N8O4. The predicted octanol–water partition coefficient (Wildman–Crippen LogP) is 1.29. The topological polar surface area (TPSA) is 149 Å². The van der Waals surface area contributed by atoms with Gasteiger partial charge in [0.25, 0.3) is 5.91 Å². The van der Waals surface area contributed by atoms with Gasteiger partial charge < -0.3 is 15.7 Å². The van der Waals surface area contributed by atoms with Gasteiger partial charge in [0.1, 0.15) is 17.4 Å². The van der Waals surface area contributed by atoms with Crippen molar-refractivity contribution in [3.63, 3.8) is 0 Å². The van der Waals surface area contributed by atoms with Crippen LogP contribution >= 0.6 is 0 Å². The van der Waals surface area contributed by atoms with E-state index in [1.54, 1.807) is 11.7 Å². The quantitative estimate of drug-likeness (QED) is 0.527. The van der Waals surface area contributed by atoms with E-state index in [0.29, 0.717) is 12.2 Å². The Morgan fingerprint density at radius 3 is 2.43 bits per heavy atom. The highest BCUT2D eigenvalue weighted by Crippen LogP contribution is 2.21. The molecule has 12 nitrogen and oxygen atoms in total. The van der Waals surface area contributed by atoms with E-state index in [4.69, 9.17) is 0 Å². The highest BCUT2D eigenvalue weighted by molar-refractivity contribution is 6.09. The lowest BCUT2D eigenvalue weighted by Crippen LogP contribution is -2.28. The molecule has 0 bridgehead atoms. The van der Waals surface area contributed by atoms with Gasteiger partial charge in [0.05, 0.1) is 29.5 Å². The molecule has 3 aromatic rings. The van der Waals surface area contributed by atoms with E-state index in [1.165, 1.54) is 36.3 Å². The summed E-state index contributed by atoms with van der Waals surface area (Å²) in [5.41, 5.74) is 1.56. The third-order valence-electron chi connectivity index (χ3n) is 4.73. The molecule has 0 spiro atoms. The summed E-state index contributed by atoms with van der Waals surface area (Å²) in [6, 6.07) is 0.378. The van der Waals surface area contributed by atoms with Crippen molar-refractivity contribution >= 4 is 29.2 Å². The number of hydrogen-bond acceptors (Lipinski definition) is 6. The van der Waals surface area contributed by atoms with Crippen LogP contribution < -0.4 is 10.6 Å². The standard InChI is InChI=1S/C18H22N8O4/c1-5-25-15(17(28)22-12-8-20-24(4)10(12)2)13(9-21-25)23-16(27)11(3)26-14(18(29)30)6-7-19-26/h6-9,11H,5H2,1-4H3,(H,22,28)(H,23,27)(H,29,30). The van der Waals surface area contributed by atoms with Crippen LogP contribution in [0.4, 0.5) is 11.4 Å². The zero-order valence-corrected chi connectivity index (χ0v) is 16.9. The van der Waals surface area contributed by atoms with Crippen LogP contribution in [0.25, 0.3) is 0 Å². The Balaban J connectivity index is 1.84. The summed E-state index contributed by atoms with van der Waals surface area (Å²) in [6.07, 6.45) is 4.21. The Bertz CT molecular complexity index is 1110. The lowest BCUT2D eigenvalue weighted by atomic mass is 10.2. The summed E-state index contributed by atoms with van der Waals surface area (Å²) < 4.78 is 4.18. The molecule has 30 heavy (non-hydrogen) atoms. The van der Waals surface area contributed by atoms with Crippen LogP contribution in [0.3, 0.4) is 0 Å². The number of carbonyl (C=O) groups is 3. The zero-order chi connectivity index (χ0) is 22.0. The molecule has 1 unspecified atom stereocenters. The first-order valence-electron chi connectivity index (χ1n) is 9.18. The van der Waals surface area contributed by atoms with Gasteiger partial charge >= 0.3 is 5.97 Å². The van der Waals surface area contributed by atoms with Crippen molar-refractivity contribution in [2.45, 2.75) is 33.4 Å². The summed E-state index contributed by atoms with van der Waals surface area (Å²) in [7, 11) is 1.76. The fraction of sp³-hybridized carbons (Fsp3) is 0.333. The van der Waals surface area contributed by atoms with E-state index in [0.717, 1.165) is 10.4 Å². The van der Waals surface area contributed by atoms with Crippen molar-refractivity contribution in [3.05, 3.63) is 41.7 Å². The van der Waals surface area contributed by atoms with E-state index in [1.807, 2.05) is 13.8 Å². The van der Waals surface area contributed by atoms with Gasteiger partial charge in [-0.2, -0.15) is 15.3 Å². The number of nitrogens with one attached hydrogen (secondary N) is 2. The number of carboxylic acid groups (broad SMARTS) is 1. The van der Waals surface area contributed by atoms with Crippen LogP contribution in [-0.4, -0.2) is 52.2 Å². The van der Waals surface area contributed by atoms with Crippen molar-refractivity contribution in [1.29, 1.82) is 0 Å². The van der Waals surface area contributed by atoms with Crippen LogP contribution in [0.1, 0.15) is 46.6 Å². The van der Waals surface area contributed by atoms with Crippen molar-refractivity contribution in [1.82, 2.24) is 29.3 Å². The molecule has 0 radical (unpaired) electrons. The fourth-order valence-electron chi connectivity index (χ4n) is 2.90. The van der Waals surface area contributed by atoms with Gasteiger partial charge in [-0.05, 0) is 26.8 Å². The smallest absolute Gasteiger partial charge is 0.354 e. The summed E-state index contributed by atoms with van der Waals surface area (Å²) >= 11 is 0. The Morgan fingerprint density at radius 2 is 1.83 bits per heavy atom. The van der Waals surface area contributed by atoms with Gasteiger partial charge in [0, 0.05) is 19.8 Å². The first-order chi connectivity index (χ1) is 14.2. The number of aromatic nitrogens is 6. The number of carbonyl (C=O) groups excluding carboxylic acids is 2. The highest BCUT2D eigenvalue weighted by Gasteiger charge is 2.25. The highest BCUT2D eigenvalue weighted by atomic mass is 16.4. The van der Waals surface area contributed by atoms with Gasteiger partial charge in [-0.1, -0.05) is 0 Å². The minimum Gasteiger partial charge on any atom is -0.477 e. The van der Waals surface area contributed by atoms with Crippen LogP contribution in [0.15, 0.2) is 24.7 Å². The molecule has 0 aliphatic heterocycles. The van der Waals surface area contributed by atoms with Crippen molar-refractivity contribution in [3.8, 4) is 0 Å². The Kier molecular flexibility index (Phi) is 5.67. The molecule has 0 aliphatic rings. The Labute approximate surface area is 171 Å². The minimum absolute atomic E-state index is 0.119. The Hall–Kier alpha value is -3.96. The molecular weight excluding hydrogens is 392 g/mol. The summed E-state index contributed by atoms with van der Waals surface area (Å²) in [5.74, 6) is -2.19. The summed E-state index contributed by atoms with van der Waals surface area (Å²) in [6.45, 7) is 5.55. The van der Waals surface area contributed by atoms with Gasteiger partial charge in [0.2, 0.25) is 5.91 Å². The molecule has 158 valence electrons. The number of rotatable bonds is 7. The fourth-order valence-corrected chi connectivity index (χ4v) is 2.90. The monoisotopic (exact) mass is 414 g/mol. The number of aryl methyl sites for hydroxylation is 2. The maximum absolute atomic E-state index is 12.9. The molecule has 3 aromatic heterocycles. The molecule has 3 N–H and O–H groups in total. The maximum Gasteiger partial charge on any atom is 0.354 e. The first-order valence-corrected chi connectivity index (χ1v) is 9.18. The predicted molar refractivity (Wildman–Crippen MR) is 106 cm³/mol. The molecule has 3 rings (SSSR count). The molecule has 12 heteroatoms. The van der Waals surface area contributed by atoms with E-state index in [-0.39, 0.29) is 17.1 Å². The number of amides is 2. The molecule has 0 fully saturated rings. The third kappa shape index (κ3) is 3.79. The molecule has 0 aromatic carbocycles. The third-order valence-corrected chi connectivity index (χ3v) is 4.73. The van der Waals surface area contributed by atoms with Crippen molar-refractivity contribution < 1.29 is 19.5 Å². The molecule has 2 amide bonds. The van der Waals surface area contributed by atoms with Crippen LogP contribution in [0, 0.1) is 6.92 Å². The number of aromatic carboxylic acids is 1. The van der Waals surface area contributed by atoms with Crippen molar-refractivity contribution in [2.75, 3.05) is 10.6 Å². The SMILES string of the molecule is CCn1ncc(NC(=O)C(C)n2nccc2C(=O)O)c1C(=O)Nc1cnn(C)c1C. The largest absolute Gasteiger partial charge is 0.477 e. The number of carboxylic acids is 1. The maximum atomic E-state index is 12.9. The Morgan fingerprint density at radius 1 is 1.13 bits per heavy atom. The summed E-state index contributed by atoms with van der Waals surface area (Å²) in [4.78, 5) is 36.9. The molecule has 0 saturated heterocycles. The van der Waals surface area contributed by atoms with Gasteiger partial charge in [-0.25, -0.2) is 9.48 Å². The average Bonchev–Trinajstić information content (AvgIpc) is 3.42. The van der Waals surface area contributed by atoms with Crippen LogP contribution in [-0.2, 0) is 18.4 Å². The zero-order valence-electron chi connectivity index (χ0n) is 16.9. The minimum atomic E-state index is -1.20. The first kappa shape index (κ1) is 20.8. The second kappa shape index (κ2) is 8.19. The molecule has 0 saturated carbocycles. The molecule has 3 heterocycles. The summed E-state index contributed by atoms with van der Waals surface area (Å²) in [5, 5.41) is 26.8. The number of nitrogens with zero attached hydrogens (tertiary/aromatic N) is 6. The second-order valence-electron chi connectivity index (χ2n) is 6.58. The molecule has 1 atom stereocenters. The van der Waals surface area contributed by atoms with E-state index in [2.05, 4.69) is 25.9 Å². The van der Waals surface area contributed by atoms with E-state index < -0.39 is 23.8 Å². The van der Waals surface area contributed by atoms with Crippen LogP contribution in [0.5, 0.6) is 0 Å². The number of anilines is 2. The number of hydrogen-bond donors (Lipinski definition) is 3. The normalized spacial score (nSPS) is 11.9. The van der Waals surface area contributed by atoms with Crippen molar-refractivity contribution in [2.24, 2.45) is 7.05 Å². The van der Waals surface area contributed by atoms with E-state index in [9.17, 15) is 19.5 Å². The van der Waals surface area contributed by atoms with Gasteiger partial charge in [-0.15, -0.1) is 0 Å². The van der Waals surface area contributed by atoms with Crippen LogP contribution in [0.2, 0.25) is 0 Å². The van der Waals surface area contributed by atoms with E-state index >= 15 is 0 Å². The average molecular weight is 414 g/mol.